The molecule has 8 heteroatoms. The number of hydrogen-bond acceptors (Lipinski definition) is 5. The number of hydrogen-bond donors (Lipinski definition) is 1. The normalized spacial score (nSPS) is 17.6. The number of halogens is 1. The molecule has 1 amide bonds. The van der Waals surface area contributed by atoms with E-state index in [9.17, 15) is 4.79 Å². The van der Waals surface area contributed by atoms with E-state index < -0.39 is 5.60 Å². The lowest BCUT2D eigenvalue weighted by Crippen LogP contribution is -2.45. The summed E-state index contributed by atoms with van der Waals surface area (Å²) in [5.74, 6) is 2.48. The van der Waals surface area contributed by atoms with Crippen LogP contribution in [0.5, 0.6) is 11.5 Å². The molecule has 5 rings (SSSR count). The molecule has 1 aromatic heterocycles. The molecule has 3 heterocycles. The number of aryl methyl sites for hydroxylation is 1. The summed E-state index contributed by atoms with van der Waals surface area (Å²) >= 11 is 3.59. The summed E-state index contributed by atoms with van der Waals surface area (Å²) in [7, 11) is 0. The summed E-state index contributed by atoms with van der Waals surface area (Å²) in [5.41, 5.74) is 4.69. The molecule has 178 valence electrons. The molecule has 3 aromatic rings. The zero-order chi connectivity index (χ0) is 24.0. The average Bonchev–Trinajstić information content (AvgIpc) is 3.27. The third-order valence-corrected chi connectivity index (χ3v) is 6.84. The largest absolute Gasteiger partial charge is 0.457 e. The van der Waals surface area contributed by atoms with Crippen molar-refractivity contribution in [1.29, 1.82) is 0 Å². The molecular formula is C26H28BrN3O4. The van der Waals surface area contributed by atoms with Crippen LogP contribution in [0, 0.1) is 6.92 Å². The van der Waals surface area contributed by atoms with Gasteiger partial charge in [-0.3, -0.25) is 4.90 Å². The molecule has 2 aliphatic heterocycles. The first-order valence-electron chi connectivity index (χ1n) is 11.4. The van der Waals surface area contributed by atoms with E-state index in [0.29, 0.717) is 19.8 Å². The number of nitrogens with zero attached hydrogens (tertiary/aromatic N) is 2. The topological polar surface area (TPSA) is 76.7 Å². The highest BCUT2D eigenvalue weighted by atomic mass is 79.9. The summed E-state index contributed by atoms with van der Waals surface area (Å²) in [6, 6.07) is 10.0. The number of amides is 1. The molecule has 0 saturated carbocycles. The fourth-order valence-electron chi connectivity index (χ4n) is 4.30. The quantitative estimate of drug-likeness (QED) is 0.339. The van der Waals surface area contributed by atoms with Gasteiger partial charge in [-0.15, -0.1) is 0 Å². The van der Waals surface area contributed by atoms with E-state index in [4.69, 9.17) is 14.2 Å². The maximum absolute atomic E-state index is 12.8. The number of benzene rings is 2. The van der Waals surface area contributed by atoms with Crippen LogP contribution in [0.2, 0.25) is 0 Å². The number of carbonyl (C=O) groups excluding carboxylic acids is 1. The number of imidazole rings is 1. The maximum atomic E-state index is 12.8. The van der Waals surface area contributed by atoms with Crippen molar-refractivity contribution in [1.82, 2.24) is 14.9 Å². The number of aromatic amines is 1. The van der Waals surface area contributed by atoms with Gasteiger partial charge in [0.05, 0.1) is 25.1 Å². The Kier molecular flexibility index (Phi) is 5.90. The molecule has 0 radical (unpaired) electrons. The van der Waals surface area contributed by atoms with Crippen molar-refractivity contribution in [3.63, 3.8) is 0 Å². The van der Waals surface area contributed by atoms with Gasteiger partial charge in [-0.05, 0) is 63.1 Å². The third kappa shape index (κ3) is 4.57. The molecule has 7 nitrogen and oxygen atoms in total. The minimum absolute atomic E-state index is 0.279. The van der Waals surface area contributed by atoms with Crippen molar-refractivity contribution >= 4 is 22.0 Å². The standard InChI is InChI=1S/C26H28BrN3O4/c1-15-9-17-11-18-10-16(5-6-22(18)33-23(17)12-19(15)27)24-28-13-20(29-24)21-14-32-8-7-30(21)25(31)34-26(2,3)4/h5-6,9-10,12-13,21H,7-8,11,14H2,1-4H3,(H,28,29)/t21-/m0/s1. The highest BCUT2D eigenvalue weighted by molar-refractivity contribution is 9.10. The smallest absolute Gasteiger partial charge is 0.411 e. The number of morpholine rings is 1. The van der Waals surface area contributed by atoms with Crippen LogP contribution in [0.3, 0.4) is 0 Å². The number of H-pyrrole nitrogens is 1. The highest BCUT2D eigenvalue weighted by Gasteiger charge is 2.33. The van der Waals surface area contributed by atoms with Crippen LogP contribution in [0.1, 0.15) is 49.2 Å². The van der Waals surface area contributed by atoms with Gasteiger partial charge in [0.2, 0.25) is 0 Å². The molecule has 1 fully saturated rings. The van der Waals surface area contributed by atoms with Crippen molar-refractivity contribution in [2.45, 2.75) is 45.8 Å². The molecule has 1 atom stereocenters. The Bertz CT molecular complexity index is 1250. The number of rotatable bonds is 2. The second-order valence-electron chi connectivity index (χ2n) is 9.76. The summed E-state index contributed by atoms with van der Waals surface area (Å²) in [6.07, 6.45) is 2.23. The number of aromatic nitrogens is 2. The van der Waals surface area contributed by atoms with E-state index in [1.807, 2.05) is 39.0 Å². The second-order valence-corrected chi connectivity index (χ2v) is 10.6. The molecule has 0 bridgehead atoms. The summed E-state index contributed by atoms with van der Waals surface area (Å²) in [6.45, 7) is 9.03. The first-order valence-corrected chi connectivity index (χ1v) is 12.2. The van der Waals surface area contributed by atoms with Crippen LogP contribution < -0.4 is 4.74 Å². The highest BCUT2D eigenvalue weighted by Crippen LogP contribution is 2.40. The van der Waals surface area contributed by atoms with Crippen LogP contribution in [-0.2, 0) is 15.9 Å². The maximum Gasteiger partial charge on any atom is 0.411 e. The van der Waals surface area contributed by atoms with Gasteiger partial charge >= 0.3 is 6.09 Å². The van der Waals surface area contributed by atoms with Gasteiger partial charge in [-0.25, -0.2) is 9.78 Å². The summed E-state index contributed by atoms with van der Waals surface area (Å²) in [5, 5.41) is 0. The minimum Gasteiger partial charge on any atom is -0.457 e. The van der Waals surface area contributed by atoms with Crippen LogP contribution >= 0.6 is 15.9 Å². The Morgan fingerprint density at radius 1 is 1.21 bits per heavy atom. The molecular weight excluding hydrogens is 498 g/mol. The minimum atomic E-state index is -0.558. The molecule has 0 unspecified atom stereocenters. The van der Waals surface area contributed by atoms with Crippen molar-refractivity contribution in [3.8, 4) is 22.9 Å². The van der Waals surface area contributed by atoms with Gasteiger partial charge in [-0.2, -0.15) is 0 Å². The van der Waals surface area contributed by atoms with Crippen LogP contribution in [0.15, 0.2) is 41.0 Å². The zero-order valence-corrected chi connectivity index (χ0v) is 21.4. The van der Waals surface area contributed by atoms with Gasteiger partial charge in [0.15, 0.2) is 0 Å². The van der Waals surface area contributed by atoms with Crippen molar-refractivity contribution in [3.05, 3.63) is 63.4 Å². The first kappa shape index (κ1) is 22.9. The van der Waals surface area contributed by atoms with Crippen molar-refractivity contribution in [2.75, 3.05) is 19.8 Å². The van der Waals surface area contributed by atoms with Crippen molar-refractivity contribution in [2.24, 2.45) is 0 Å². The van der Waals surface area contributed by atoms with E-state index in [0.717, 1.165) is 50.6 Å². The number of fused-ring (bicyclic) bond motifs is 2. The monoisotopic (exact) mass is 525 g/mol. The van der Waals surface area contributed by atoms with Gasteiger partial charge < -0.3 is 19.2 Å². The Morgan fingerprint density at radius 3 is 2.79 bits per heavy atom. The van der Waals surface area contributed by atoms with E-state index in [1.165, 1.54) is 5.56 Å². The van der Waals surface area contributed by atoms with Gasteiger partial charge in [0, 0.05) is 28.6 Å². The fourth-order valence-corrected chi connectivity index (χ4v) is 4.62. The average molecular weight is 526 g/mol. The summed E-state index contributed by atoms with van der Waals surface area (Å²) < 4.78 is 18.5. The van der Waals surface area contributed by atoms with E-state index >= 15 is 0 Å². The fraction of sp³-hybridized carbons (Fsp3) is 0.385. The number of ether oxygens (including phenoxy) is 3. The van der Waals surface area contributed by atoms with Crippen LogP contribution in [0.25, 0.3) is 11.4 Å². The van der Waals surface area contributed by atoms with Gasteiger partial charge in [0.1, 0.15) is 29.0 Å². The summed E-state index contributed by atoms with van der Waals surface area (Å²) in [4.78, 5) is 22.5. The van der Waals surface area contributed by atoms with E-state index in [1.54, 1.807) is 11.1 Å². The Morgan fingerprint density at radius 2 is 2.00 bits per heavy atom. The second kappa shape index (κ2) is 8.74. The number of nitrogens with one attached hydrogen (secondary N) is 1. The molecule has 1 N–H and O–H groups in total. The molecule has 2 aromatic carbocycles. The first-order chi connectivity index (χ1) is 16.2. The van der Waals surface area contributed by atoms with E-state index in [-0.39, 0.29) is 12.1 Å². The predicted octanol–water partition coefficient (Wildman–Crippen LogP) is 6.15. The SMILES string of the molecule is Cc1cc2c(cc1Br)Oc1ccc(-c3ncc([C@@H]4COCCN4C(=O)OC(C)(C)C)[nH]3)cc1C2. The zero-order valence-electron chi connectivity index (χ0n) is 19.8. The molecule has 0 spiro atoms. The van der Waals surface area contributed by atoms with Crippen LogP contribution in [-0.4, -0.2) is 46.3 Å². The molecule has 34 heavy (non-hydrogen) atoms. The van der Waals surface area contributed by atoms with Crippen LogP contribution in [0.4, 0.5) is 4.79 Å². The van der Waals surface area contributed by atoms with Gasteiger partial charge in [0.25, 0.3) is 0 Å². The van der Waals surface area contributed by atoms with E-state index in [2.05, 4.69) is 45.0 Å². The lowest BCUT2D eigenvalue weighted by molar-refractivity contribution is -0.0339. The lowest BCUT2D eigenvalue weighted by Gasteiger charge is -2.36. The molecule has 1 saturated heterocycles. The Labute approximate surface area is 207 Å². The lowest BCUT2D eigenvalue weighted by atomic mass is 9.97. The molecule has 2 aliphatic rings. The predicted molar refractivity (Wildman–Crippen MR) is 132 cm³/mol. The molecule has 0 aliphatic carbocycles. The van der Waals surface area contributed by atoms with Crippen molar-refractivity contribution < 1.29 is 19.0 Å². The van der Waals surface area contributed by atoms with Gasteiger partial charge in [-0.1, -0.05) is 22.0 Å². The third-order valence-electron chi connectivity index (χ3n) is 5.99. The Hall–Kier alpha value is -2.84. The number of carbonyl (C=O) groups is 1. The Balaban J connectivity index is 1.39.